The maximum absolute atomic E-state index is 15.0. The van der Waals surface area contributed by atoms with E-state index in [1.165, 1.54) is 12.1 Å². The molecule has 0 aromatic heterocycles. The van der Waals surface area contributed by atoms with E-state index in [9.17, 15) is 9.18 Å². The fraction of sp³-hybridized carbons (Fsp3) is 0.474. The number of carbonyl (C=O) groups excluding carboxylic acids is 1. The topological polar surface area (TPSA) is 75.2 Å². The van der Waals surface area contributed by atoms with Crippen molar-refractivity contribution in [1.29, 1.82) is 0 Å². The number of amides is 1. The molecule has 2 N–H and O–H groups in total. The van der Waals surface area contributed by atoms with Crippen molar-refractivity contribution >= 4 is 20.2 Å². The van der Waals surface area contributed by atoms with Crippen LogP contribution in [-0.2, 0) is 22.3 Å². The van der Waals surface area contributed by atoms with Gasteiger partial charge in [0.2, 0.25) is 0 Å². The monoisotopic (exact) mass is 678 g/mol. The normalized spacial score (nSPS) is 16.8. The van der Waals surface area contributed by atoms with Gasteiger partial charge in [0, 0.05) is 31.7 Å². The quantitative estimate of drug-likeness (QED) is 0.178. The van der Waals surface area contributed by atoms with Crippen LogP contribution in [0.25, 0.3) is 0 Å². The predicted octanol–water partition coefficient (Wildman–Crippen LogP) is 8.24. The van der Waals surface area contributed by atoms with E-state index >= 15 is 4.39 Å². The molecule has 1 unspecified atom stereocenters. The molecule has 48 heavy (non-hydrogen) atoms. The van der Waals surface area contributed by atoms with Crippen LogP contribution in [0.1, 0.15) is 64.3 Å². The summed E-state index contributed by atoms with van der Waals surface area (Å²) in [6.45, 7) is 19.2. The van der Waals surface area contributed by atoms with E-state index in [0.717, 1.165) is 23.0 Å². The molecular weight excluding hydrogens is 627 g/mol. The van der Waals surface area contributed by atoms with E-state index in [4.69, 9.17) is 14.2 Å². The summed E-state index contributed by atoms with van der Waals surface area (Å²) in [4.78, 5) is 20.0. The summed E-state index contributed by atoms with van der Waals surface area (Å²) in [6, 6.07) is 22.3. The minimum absolute atomic E-state index is 0.0488. The summed E-state index contributed by atoms with van der Waals surface area (Å²) >= 11 is 0. The number of ether oxygens (including phenoxy) is 1. The summed E-state index contributed by atoms with van der Waals surface area (Å²) in [5.74, 6) is -0.184. The van der Waals surface area contributed by atoms with Crippen molar-refractivity contribution in [2.24, 2.45) is 10.4 Å². The fourth-order valence-electron chi connectivity index (χ4n) is 5.48. The minimum atomic E-state index is -2.24. The molecule has 1 heterocycles. The average Bonchev–Trinajstić information content (AvgIpc) is 3.42. The minimum Gasteiger partial charge on any atom is -0.445 e. The van der Waals surface area contributed by atoms with Gasteiger partial charge in [0.05, 0.1) is 18.2 Å². The molecule has 1 aliphatic heterocycles. The molecular formula is C38H52F2N4O3Si. The molecule has 0 aliphatic carbocycles. The Balaban J connectivity index is 1.58. The highest BCUT2D eigenvalue weighted by molar-refractivity contribution is 6.74. The Morgan fingerprint density at radius 2 is 1.56 bits per heavy atom. The number of hydrogen-bond donors (Lipinski definition) is 2. The van der Waals surface area contributed by atoms with Crippen molar-refractivity contribution in [1.82, 2.24) is 15.5 Å². The van der Waals surface area contributed by atoms with Gasteiger partial charge in [0.15, 0.2) is 8.32 Å². The highest BCUT2D eigenvalue weighted by atomic mass is 28.4. The van der Waals surface area contributed by atoms with Gasteiger partial charge < -0.3 is 24.7 Å². The third kappa shape index (κ3) is 10.2. The molecule has 0 saturated heterocycles. The third-order valence-corrected chi connectivity index (χ3v) is 13.7. The summed E-state index contributed by atoms with van der Waals surface area (Å²) in [7, 11) is -2.24. The lowest BCUT2D eigenvalue weighted by atomic mass is 9.85. The Morgan fingerprint density at radius 3 is 2.17 bits per heavy atom. The van der Waals surface area contributed by atoms with E-state index < -0.39 is 32.1 Å². The van der Waals surface area contributed by atoms with Crippen LogP contribution in [-0.4, -0.2) is 56.9 Å². The van der Waals surface area contributed by atoms with Gasteiger partial charge in [-0.15, -0.1) is 0 Å². The molecule has 260 valence electrons. The number of aliphatic imine (C=N–C) groups is 1. The lowest BCUT2D eigenvalue weighted by molar-refractivity contribution is 0.125. The summed E-state index contributed by atoms with van der Waals surface area (Å²) in [5.41, 5.74) is 1.93. The van der Waals surface area contributed by atoms with E-state index in [0.29, 0.717) is 19.6 Å². The van der Waals surface area contributed by atoms with Gasteiger partial charge in [-0.3, -0.25) is 4.99 Å². The molecule has 0 saturated carbocycles. The smallest absolute Gasteiger partial charge is 0.407 e. The maximum atomic E-state index is 15.0. The predicted molar refractivity (Wildman–Crippen MR) is 191 cm³/mol. The van der Waals surface area contributed by atoms with Crippen LogP contribution < -0.4 is 10.6 Å². The van der Waals surface area contributed by atoms with Crippen LogP contribution in [0.5, 0.6) is 0 Å². The molecule has 10 heteroatoms. The van der Waals surface area contributed by atoms with Gasteiger partial charge in [0.25, 0.3) is 0 Å². The lowest BCUT2D eigenvalue weighted by Crippen LogP contribution is -2.56. The Hall–Kier alpha value is -3.60. The van der Waals surface area contributed by atoms with Crippen molar-refractivity contribution in [2.75, 3.05) is 19.6 Å². The summed E-state index contributed by atoms with van der Waals surface area (Å²) in [5, 5.41) is 6.61. The first kappa shape index (κ1) is 37.2. The van der Waals surface area contributed by atoms with Gasteiger partial charge in [0.1, 0.15) is 24.1 Å². The largest absolute Gasteiger partial charge is 0.445 e. The molecule has 0 fully saturated rings. The van der Waals surface area contributed by atoms with Crippen molar-refractivity contribution < 1.29 is 22.7 Å². The third-order valence-electron chi connectivity index (χ3n) is 9.17. The van der Waals surface area contributed by atoms with Crippen molar-refractivity contribution in [3.63, 3.8) is 0 Å². The van der Waals surface area contributed by atoms with Gasteiger partial charge >= 0.3 is 6.09 Å². The van der Waals surface area contributed by atoms with Crippen LogP contribution in [0.15, 0.2) is 83.9 Å². The average molecular weight is 679 g/mol. The zero-order valence-corrected chi connectivity index (χ0v) is 30.6. The van der Waals surface area contributed by atoms with Crippen LogP contribution in [0.3, 0.4) is 0 Å². The maximum Gasteiger partial charge on any atom is 0.407 e. The van der Waals surface area contributed by atoms with Gasteiger partial charge in [-0.1, -0.05) is 102 Å². The number of nitrogens with zero attached hydrogens (tertiary/aromatic N) is 2. The first-order chi connectivity index (χ1) is 22.5. The standard InChI is InChI=1S/C38H52F2N4O3Si/c1-37(2,3)34(35-43-33(31-21-29(39)19-20-32(31)40)25-44(35)24-27-15-11-9-12-16-27)41-22-30(47-48(7,8)38(4,5)6)23-42-36(45)46-26-28-17-13-10-14-18-28/h9-21,30,33-34,41H,22-26H2,1-8H3,(H,42,45)/t30-,33?,34+/m1/s1. The molecule has 1 amide bonds. The number of nitrogens with one attached hydrogen (secondary N) is 2. The summed E-state index contributed by atoms with van der Waals surface area (Å²) in [6.07, 6.45) is -0.870. The number of halogens is 2. The molecule has 3 atom stereocenters. The van der Waals surface area contributed by atoms with E-state index in [1.54, 1.807) is 0 Å². The first-order valence-corrected chi connectivity index (χ1v) is 19.6. The molecule has 3 aromatic carbocycles. The molecule has 0 bridgehead atoms. The van der Waals surface area contributed by atoms with E-state index in [1.807, 2.05) is 48.5 Å². The first-order valence-electron chi connectivity index (χ1n) is 16.7. The number of amidine groups is 1. The van der Waals surface area contributed by atoms with E-state index in [2.05, 4.69) is 82.3 Å². The Morgan fingerprint density at radius 1 is 0.938 bits per heavy atom. The van der Waals surface area contributed by atoms with Crippen molar-refractivity contribution in [3.05, 3.63) is 107 Å². The van der Waals surface area contributed by atoms with Crippen molar-refractivity contribution in [3.8, 4) is 0 Å². The second kappa shape index (κ2) is 15.7. The van der Waals surface area contributed by atoms with E-state index in [-0.39, 0.29) is 41.3 Å². The number of alkyl carbamates (subject to hydrolysis) is 1. The summed E-state index contributed by atoms with van der Waals surface area (Å²) < 4.78 is 41.6. The van der Waals surface area contributed by atoms with Crippen LogP contribution in [0.4, 0.5) is 13.6 Å². The van der Waals surface area contributed by atoms with Crippen LogP contribution in [0, 0.1) is 17.0 Å². The number of hydrogen-bond acceptors (Lipinski definition) is 6. The second-order valence-electron chi connectivity index (χ2n) is 15.2. The Bertz CT molecular complexity index is 1520. The number of rotatable bonds is 13. The molecule has 1 aliphatic rings. The molecule has 3 aromatic rings. The van der Waals surface area contributed by atoms with Crippen LogP contribution >= 0.6 is 0 Å². The number of benzene rings is 3. The lowest BCUT2D eigenvalue weighted by Gasteiger charge is -2.41. The Kier molecular flexibility index (Phi) is 12.2. The molecule has 0 radical (unpaired) electrons. The molecule has 0 spiro atoms. The molecule has 4 rings (SSSR count). The van der Waals surface area contributed by atoms with Crippen LogP contribution in [0.2, 0.25) is 18.1 Å². The fourth-order valence-corrected chi connectivity index (χ4v) is 6.84. The second-order valence-corrected chi connectivity index (χ2v) is 19.9. The number of carbonyl (C=O) groups is 1. The molecule has 7 nitrogen and oxygen atoms in total. The van der Waals surface area contributed by atoms with Crippen molar-refractivity contribution in [2.45, 2.75) is 91.0 Å². The van der Waals surface area contributed by atoms with Gasteiger partial charge in [-0.25, -0.2) is 13.6 Å². The highest BCUT2D eigenvalue weighted by Crippen LogP contribution is 2.38. The Labute approximate surface area is 286 Å². The SMILES string of the molecule is CC(C)(C)[C@@H](NC[C@H](CNC(=O)OCc1ccccc1)O[Si](C)(C)C(C)(C)C)C1=NC(c2cc(F)ccc2F)CN1Cc1ccccc1. The van der Waals surface area contributed by atoms with Gasteiger partial charge in [-0.2, -0.15) is 0 Å². The highest BCUT2D eigenvalue weighted by Gasteiger charge is 2.41. The zero-order valence-electron chi connectivity index (χ0n) is 29.6. The van der Waals surface area contributed by atoms with Gasteiger partial charge in [-0.05, 0) is 52.9 Å². The zero-order chi connectivity index (χ0) is 35.1.